The van der Waals surface area contributed by atoms with Gasteiger partial charge in [-0.3, -0.25) is 4.40 Å². The fourth-order valence-corrected chi connectivity index (χ4v) is 5.01. The number of nitrogens with zero attached hydrogens (tertiary/aromatic N) is 3. The molecule has 6 nitrogen and oxygen atoms in total. The third-order valence-electron chi connectivity index (χ3n) is 5.78. The summed E-state index contributed by atoms with van der Waals surface area (Å²) < 4.78 is 1.89. The molecule has 2 bridgehead atoms. The van der Waals surface area contributed by atoms with Crippen LogP contribution in [0.5, 0.6) is 0 Å². The maximum atomic E-state index is 6.70. The van der Waals surface area contributed by atoms with Gasteiger partial charge in [-0.05, 0) is 25.3 Å². The molecule has 130 valence electrons. The number of benzene rings is 1. The number of hydrogen-bond acceptors (Lipinski definition) is 4. The quantitative estimate of drug-likeness (QED) is 0.519. The lowest BCUT2D eigenvalue weighted by atomic mass is 9.44. The molecule has 0 spiro atoms. The first-order valence-corrected chi connectivity index (χ1v) is 9.10. The van der Waals surface area contributed by atoms with Crippen molar-refractivity contribution in [2.24, 2.45) is 5.73 Å². The molecule has 7 rings (SSSR count). The second-order valence-electron chi connectivity index (χ2n) is 7.77. The Hall–Kier alpha value is -2.57. The van der Waals surface area contributed by atoms with E-state index in [4.69, 9.17) is 22.3 Å². The zero-order valence-electron chi connectivity index (χ0n) is 14.0. The molecule has 0 radical (unpaired) electrons. The van der Waals surface area contributed by atoms with Crippen molar-refractivity contribution in [2.45, 2.75) is 30.3 Å². The van der Waals surface area contributed by atoms with Crippen LogP contribution in [0.25, 0.3) is 27.8 Å². The molecule has 3 aromatic heterocycles. The zero-order chi connectivity index (χ0) is 17.5. The first-order valence-electron chi connectivity index (χ1n) is 8.72. The molecule has 7 heteroatoms. The summed E-state index contributed by atoms with van der Waals surface area (Å²) in [6.45, 7) is 0. The number of rotatable bonds is 3. The lowest BCUT2D eigenvalue weighted by Gasteiger charge is -2.69. The molecule has 3 fully saturated rings. The topological polar surface area (TPSA) is 84.0 Å². The van der Waals surface area contributed by atoms with Crippen molar-refractivity contribution in [3.8, 4) is 11.3 Å². The molecule has 26 heavy (non-hydrogen) atoms. The summed E-state index contributed by atoms with van der Waals surface area (Å²) >= 11 is 6.70. The second kappa shape index (κ2) is 4.58. The standard InChI is InChI=1S/C19H17ClN6/c20-15-14(12-7-23-13-4-2-1-3-11(12)13)24-16(17-22-5-6-26(15)17)25-19-8-18(21,9-19)10-19/h1-7,23H,8-10,21H2,(H,24,25). The van der Waals surface area contributed by atoms with Crippen molar-refractivity contribution < 1.29 is 0 Å². The van der Waals surface area contributed by atoms with Gasteiger partial charge in [0.15, 0.2) is 11.5 Å². The molecule has 4 N–H and O–H groups in total. The molecule has 0 aliphatic heterocycles. The lowest BCUT2D eigenvalue weighted by molar-refractivity contribution is -0.0320. The van der Waals surface area contributed by atoms with E-state index in [0.29, 0.717) is 5.15 Å². The molecular weight excluding hydrogens is 348 g/mol. The van der Waals surface area contributed by atoms with Crippen molar-refractivity contribution in [1.82, 2.24) is 19.4 Å². The summed E-state index contributed by atoms with van der Waals surface area (Å²) in [4.78, 5) is 12.6. The number of aromatic nitrogens is 4. The predicted octanol–water partition coefficient (Wildman–Crippen LogP) is 3.58. The second-order valence-corrected chi connectivity index (χ2v) is 8.12. The Morgan fingerprint density at radius 2 is 2.04 bits per heavy atom. The van der Waals surface area contributed by atoms with Crippen molar-refractivity contribution in [1.29, 1.82) is 0 Å². The van der Waals surface area contributed by atoms with Gasteiger partial charge in [-0.25, -0.2) is 9.97 Å². The van der Waals surface area contributed by atoms with E-state index in [1.165, 1.54) is 0 Å². The summed E-state index contributed by atoms with van der Waals surface area (Å²) in [6, 6.07) is 8.15. The number of anilines is 1. The van der Waals surface area contributed by atoms with Gasteiger partial charge in [0.25, 0.3) is 0 Å². The van der Waals surface area contributed by atoms with E-state index in [1.54, 1.807) is 6.20 Å². The zero-order valence-corrected chi connectivity index (χ0v) is 14.7. The van der Waals surface area contributed by atoms with Gasteiger partial charge in [-0.15, -0.1) is 0 Å². The SMILES string of the molecule is NC12CC(Nc3nc(-c4c[nH]c5ccccc45)c(Cl)n4ccnc34)(C1)C2. The summed E-state index contributed by atoms with van der Waals surface area (Å²) in [7, 11) is 0. The highest BCUT2D eigenvalue weighted by molar-refractivity contribution is 6.32. The largest absolute Gasteiger partial charge is 0.361 e. The van der Waals surface area contributed by atoms with Gasteiger partial charge in [0.2, 0.25) is 0 Å². The number of nitrogens with one attached hydrogen (secondary N) is 2. The molecule has 3 aliphatic rings. The van der Waals surface area contributed by atoms with Crippen LogP contribution in [-0.2, 0) is 0 Å². The van der Waals surface area contributed by atoms with Crippen molar-refractivity contribution in [3.63, 3.8) is 0 Å². The van der Waals surface area contributed by atoms with Gasteiger partial charge < -0.3 is 16.0 Å². The van der Waals surface area contributed by atoms with E-state index >= 15 is 0 Å². The number of para-hydroxylation sites is 1. The van der Waals surface area contributed by atoms with Crippen LogP contribution >= 0.6 is 11.6 Å². The Balaban J connectivity index is 1.54. The van der Waals surface area contributed by atoms with Crippen molar-refractivity contribution in [3.05, 3.63) is 48.0 Å². The van der Waals surface area contributed by atoms with E-state index in [0.717, 1.165) is 52.9 Å². The Morgan fingerprint density at radius 3 is 2.85 bits per heavy atom. The average Bonchev–Trinajstić information content (AvgIpc) is 3.22. The summed E-state index contributed by atoms with van der Waals surface area (Å²) in [5.74, 6) is 0.765. The molecule has 3 heterocycles. The van der Waals surface area contributed by atoms with Gasteiger partial charge in [0.05, 0.1) is 0 Å². The Morgan fingerprint density at radius 1 is 1.23 bits per heavy atom. The molecule has 4 aromatic rings. The number of imidazole rings is 1. The molecular formula is C19H17ClN6. The molecule has 0 saturated heterocycles. The molecule has 0 unspecified atom stereocenters. The van der Waals surface area contributed by atoms with E-state index in [1.807, 2.05) is 35.0 Å². The van der Waals surface area contributed by atoms with Crippen LogP contribution in [0.2, 0.25) is 5.15 Å². The number of aromatic amines is 1. The third kappa shape index (κ3) is 1.80. The van der Waals surface area contributed by atoms with Crippen LogP contribution in [0.15, 0.2) is 42.9 Å². The summed E-state index contributed by atoms with van der Waals surface area (Å²) in [5.41, 5.74) is 9.84. The Kier molecular flexibility index (Phi) is 2.57. The summed E-state index contributed by atoms with van der Waals surface area (Å²) in [6.07, 6.45) is 8.54. The molecule has 3 aliphatic carbocycles. The van der Waals surface area contributed by atoms with Crippen LogP contribution in [0.3, 0.4) is 0 Å². The van der Waals surface area contributed by atoms with Gasteiger partial charge in [0.1, 0.15) is 10.8 Å². The van der Waals surface area contributed by atoms with E-state index in [-0.39, 0.29) is 11.1 Å². The van der Waals surface area contributed by atoms with Crippen LogP contribution in [0.4, 0.5) is 5.82 Å². The molecule has 1 aromatic carbocycles. The highest BCUT2D eigenvalue weighted by Gasteiger charge is 2.66. The smallest absolute Gasteiger partial charge is 0.181 e. The highest BCUT2D eigenvalue weighted by atomic mass is 35.5. The third-order valence-corrected chi connectivity index (χ3v) is 6.14. The number of H-pyrrole nitrogens is 1. The number of nitrogens with two attached hydrogens (primary N) is 1. The van der Waals surface area contributed by atoms with E-state index < -0.39 is 0 Å². The van der Waals surface area contributed by atoms with E-state index in [9.17, 15) is 0 Å². The minimum atomic E-state index is 0.0325. The number of hydrogen-bond donors (Lipinski definition) is 3. The van der Waals surface area contributed by atoms with Gasteiger partial charge in [-0.1, -0.05) is 29.8 Å². The van der Waals surface area contributed by atoms with E-state index in [2.05, 4.69) is 21.4 Å². The van der Waals surface area contributed by atoms with Crippen molar-refractivity contribution >= 4 is 34.0 Å². The monoisotopic (exact) mass is 364 g/mol. The molecule has 0 atom stereocenters. The Labute approximate surface area is 154 Å². The number of fused-ring (bicyclic) bond motifs is 2. The summed E-state index contributed by atoms with van der Waals surface area (Å²) in [5, 5.41) is 5.26. The fraction of sp³-hybridized carbons (Fsp3) is 0.263. The first-order chi connectivity index (χ1) is 12.6. The molecule has 0 amide bonds. The molecule has 3 saturated carbocycles. The minimum Gasteiger partial charge on any atom is -0.361 e. The van der Waals surface area contributed by atoms with Gasteiger partial charge in [-0.2, -0.15) is 0 Å². The predicted molar refractivity (Wildman–Crippen MR) is 102 cm³/mol. The maximum absolute atomic E-state index is 6.70. The average molecular weight is 365 g/mol. The van der Waals surface area contributed by atoms with Crippen LogP contribution in [-0.4, -0.2) is 30.4 Å². The first kappa shape index (κ1) is 14.6. The fourth-order valence-electron chi connectivity index (χ4n) is 4.73. The maximum Gasteiger partial charge on any atom is 0.181 e. The van der Waals surface area contributed by atoms with Crippen molar-refractivity contribution in [2.75, 3.05) is 5.32 Å². The van der Waals surface area contributed by atoms with Crippen LogP contribution in [0, 0.1) is 0 Å². The van der Waals surface area contributed by atoms with Gasteiger partial charge in [0, 0.05) is 46.1 Å². The number of halogens is 1. The van der Waals surface area contributed by atoms with Crippen LogP contribution in [0.1, 0.15) is 19.3 Å². The Bertz CT molecular complexity index is 1170. The van der Waals surface area contributed by atoms with Crippen LogP contribution < -0.4 is 11.1 Å². The normalized spacial score (nSPS) is 26.7. The highest BCUT2D eigenvalue weighted by Crippen LogP contribution is 2.60. The lowest BCUT2D eigenvalue weighted by Crippen LogP contribution is -2.79. The van der Waals surface area contributed by atoms with Gasteiger partial charge >= 0.3 is 0 Å². The minimum absolute atomic E-state index is 0.0325.